The molecule has 0 aromatic heterocycles. The lowest BCUT2D eigenvalue weighted by atomic mass is 10.2. The molecule has 0 saturated heterocycles. The van der Waals surface area contributed by atoms with Crippen LogP contribution in [-0.4, -0.2) is 26.3 Å². The molecule has 1 unspecified atom stereocenters. The van der Waals surface area contributed by atoms with Crippen molar-refractivity contribution in [2.24, 2.45) is 11.7 Å². The maximum absolute atomic E-state index is 11.7. The maximum atomic E-state index is 11.7. The first kappa shape index (κ1) is 8.36. The van der Waals surface area contributed by atoms with Crippen LogP contribution in [0.15, 0.2) is 0 Å². The molecule has 0 heterocycles. The van der Waals surface area contributed by atoms with E-state index in [4.69, 9.17) is 5.73 Å². The molecule has 0 aromatic carbocycles. The lowest BCUT2D eigenvalue weighted by Crippen LogP contribution is -2.26. The molecular weight excluding hydrogens is 125 g/mol. The van der Waals surface area contributed by atoms with Gasteiger partial charge in [-0.15, -0.1) is 0 Å². The van der Waals surface area contributed by atoms with Crippen LogP contribution in [0.1, 0.15) is 0 Å². The highest BCUT2D eigenvalue weighted by molar-refractivity contribution is 5.72. The largest absolute Gasteiger partial charge is 0.469 e. The molecule has 54 valence electrons. The maximum Gasteiger partial charge on any atom is 0.312 e. The Bertz CT molecular complexity index is 93.0. The molecule has 0 fully saturated rings. The molecule has 0 aliphatic rings. The van der Waals surface area contributed by atoms with E-state index in [1.165, 1.54) is 7.11 Å². The van der Waals surface area contributed by atoms with E-state index >= 15 is 0 Å². The average Bonchev–Trinajstić information content (AvgIpc) is 1.90. The number of hydrogen-bond donors (Lipinski definition) is 1. The Morgan fingerprint density at radius 1 is 1.89 bits per heavy atom. The van der Waals surface area contributed by atoms with Crippen molar-refractivity contribution >= 4 is 5.97 Å². The van der Waals surface area contributed by atoms with Crippen LogP contribution in [-0.2, 0) is 9.53 Å². The first-order valence-electron chi connectivity index (χ1n) is 2.60. The van der Waals surface area contributed by atoms with Crippen molar-refractivity contribution in [1.29, 1.82) is 0 Å². The van der Waals surface area contributed by atoms with Gasteiger partial charge in [0.05, 0.1) is 13.0 Å². The highest BCUT2D eigenvalue weighted by Crippen LogP contribution is 1.96. The van der Waals surface area contributed by atoms with Gasteiger partial charge in [-0.1, -0.05) is 0 Å². The lowest BCUT2D eigenvalue weighted by Gasteiger charge is -2.05. The number of esters is 1. The molecule has 0 radical (unpaired) electrons. The molecule has 0 spiro atoms. The quantitative estimate of drug-likeness (QED) is 0.541. The van der Waals surface area contributed by atoms with Gasteiger partial charge in [-0.05, 0) is 0 Å². The summed E-state index contributed by atoms with van der Waals surface area (Å²) in [7, 11) is 1.21. The minimum absolute atomic E-state index is 0.00315. The number of hydrogen-bond acceptors (Lipinski definition) is 3. The van der Waals surface area contributed by atoms with E-state index in [1.807, 2.05) is 0 Å². The summed E-state index contributed by atoms with van der Waals surface area (Å²) in [6.45, 7) is -0.744. The molecule has 0 rings (SSSR count). The van der Waals surface area contributed by atoms with E-state index in [0.717, 1.165) is 0 Å². The molecule has 4 heteroatoms. The van der Waals surface area contributed by atoms with E-state index in [0.29, 0.717) is 0 Å². The minimum atomic E-state index is -0.782. The number of methoxy groups -OCH3 is 1. The lowest BCUT2D eigenvalue weighted by molar-refractivity contribution is -0.145. The van der Waals surface area contributed by atoms with Crippen LogP contribution in [0, 0.1) is 5.92 Å². The van der Waals surface area contributed by atoms with Crippen molar-refractivity contribution in [1.82, 2.24) is 0 Å². The fraction of sp³-hybridized carbons (Fsp3) is 0.800. The summed E-state index contributed by atoms with van der Waals surface area (Å²) in [5.74, 6) is -1.37. The van der Waals surface area contributed by atoms with Crippen molar-refractivity contribution in [2.75, 3.05) is 20.3 Å². The van der Waals surface area contributed by atoms with E-state index in [2.05, 4.69) is 4.74 Å². The number of nitrogens with two attached hydrogens (primary N) is 1. The summed E-state index contributed by atoms with van der Waals surface area (Å²) in [6.07, 6.45) is 0. The van der Waals surface area contributed by atoms with Crippen LogP contribution in [0.4, 0.5) is 4.39 Å². The predicted octanol–water partition coefficient (Wildman–Crippen LogP) is -0.296. The molecule has 0 bridgehead atoms. The van der Waals surface area contributed by atoms with Crippen LogP contribution >= 0.6 is 0 Å². The number of rotatable bonds is 3. The van der Waals surface area contributed by atoms with Crippen molar-refractivity contribution in [3.8, 4) is 0 Å². The smallest absolute Gasteiger partial charge is 0.312 e. The standard InChI is InChI=1S/C5H10FNO2/c1-9-5(8)4(2-6)3-7/h4H,2-3,7H2,1H3. The third-order valence-electron chi connectivity index (χ3n) is 1.01. The monoisotopic (exact) mass is 135 g/mol. The van der Waals surface area contributed by atoms with Gasteiger partial charge in [0.1, 0.15) is 6.67 Å². The molecule has 9 heavy (non-hydrogen) atoms. The summed E-state index contributed by atoms with van der Waals surface area (Å²) >= 11 is 0. The first-order chi connectivity index (χ1) is 4.26. The van der Waals surface area contributed by atoms with E-state index in [-0.39, 0.29) is 6.54 Å². The summed E-state index contributed by atoms with van der Waals surface area (Å²) in [5.41, 5.74) is 5.02. The summed E-state index contributed by atoms with van der Waals surface area (Å²) < 4.78 is 15.9. The van der Waals surface area contributed by atoms with Crippen LogP contribution < -0.4 is 5.73 Å². The van der Waals surface area contributed by atoms with Gasteiger partial charge in [0.2, 0.25) is 0 Å². The fourth-order valence-electron chi connectivity index (χ4n) is 0.389. The number of ether oxygens (including phenoxy) is 1. The van der Waals surface area contributed by atoms with Crippen LogP contribution in [0.5, 0.6) is 0 Å². The fourth-order valence-corrected chi connectivity index (χ4v) is 0.389. The third-order valence-corrected chi connectivity index (χ3v) is 1.01. The van der Waals surface area contributed by atoms with Gasteiger partial charge in [0, 0.05) is 6.54 Å². The highest BCUT2D eigenvalue weighted by atomic mass is 19.1. The molecule has 0 aliphatic carbocycles. The Balaban J connectivity index is 3.64. The molecule has 1 atom stereocenters. The molecule has 0 saturated carbocycles. The van der Waals surface area contributed by atoms with E-state index < -0.39 is 18.6 Å². The minimum Gasteiger partial charge on any atom is -0.469 e. The van der Waals surface area contributed by atoms with Crippen LogP contribution in [0.2, 0.25) is 0 Å². The van der Waals surface area contributed by atoms with Crippen molar-refractivity contribution in [3.05, 3.63) is 0 Å². The number of halogens is 1. The molecule has 3 nitrogen and oxygen atoms in total. The zero-order valence-corrected chi connectivity index (χ0v) is 5.26. The Morgan fingerprint density at radius 3 is 2.56 bits per heavy atom. The topological polar surface area (TPSA) is 52.3 Å². The van der Waals surface area contributed by atoms with Crippen molar-refractivity contribution in [3.63, 3.8) is 0 Å². The second-order valence-electron chi connectivity index (χ2n) is 1.61. The van der Waals surface area contributed by atoms with Gasteiger partial charge in [0.25, 0.3) is 0 Å². The Hall–Kier alpha value is -0.640. The Labute approximate surface area is 53.0 Å². The zero-order chi connectivity index (χ0) is 7.28. The van der Waals surface area contributed by atoms with Gasteiger partial charge >= 0.3 is 5.97 Å². The Morgan fingerprint density at radius 2 is 2.44 bits per heavy atom. The van der Waals surface area contributed by atoms with Crippen molar-refractivity contribution in [2.45, 2.75) is 0 Å². The first-order valence-corrected chi connectivity index (χ1v) is 2.60. The van der Waals surface area contributed by atoms with Gasteiger partial charge in [-0.2, -0.15) is 0 Å². The second kappa shape index (κ2) is 4.26. The molecule has 2 N–H and O–H groups in total. The number of carbonyl (C=O) groups excluding carboxylic acids is 1. The molecule has 0 amide bonds. The number of carbonyl (C=O) groups is 1. The zero-order valence-electron chi connectivity index (χ0n) is 5.26. The number of alkyl halides is 1. The van der Waals surface area contributed by atoms with Gasteiger partial charge in [0.15, 0.2) is 0 Å². The van der Waals surface area contributed by atoms with Gasteiger partial charge in [-0.25, -0.2) is 0 Å². The second-order valence-corrected chi connectivity index (χ2v) is 1.61. The molecule has 0 aromatic rings. The normalized spacial score (nSPS) is 12.8. The van der Waals surface area contributed by atoms with Gasteiger partial charge < -0.3 is 10.5 Å². The van der Waals surface area contributed by atoms with E-state index in [9.17, 15) is 9.18 Å². The predicted molar refractivity (Wildman–Crippen MR) is 30.5 cm³/mol. The summed E-state index contributed by atoms with van der Waals surface area (Å²) in [6, 6.07) is 0. The SMILES string of the molecule is COC(=O)C(CN)CF. The summed E-state index contributed by atoms with van der Waals surface area (Å²) in [5, 5.41) is 0. The molecular formula is C5H10FNO2. The van der Waals surface area contributed by atoms with Gasteiger partial charge in [-0.3, -0.25) is 9.18 Å². The van der Waals surface area contributed by atoms with Crippen LogP contribution in [0.25, 0.3) is 0 Å². The van der Waals surface area contributed by atoms with Crippen LogP contribution in [0.3, 0.4) is 0 Å². The Kier molecular flexibility index (Phi) is 3.96. The summed E-state index contributed by atoms with van der Waals surface area (Å²) in [4.78, 5) is 10.4. The highest BCUT2D eigenvalue weighted by Gasteiger charge is 2.15. The van der Waals surface area contributed by atoms with E-state index in [1.54, 1.807) is 0 Å². The molecule has 0 aliphatic heterocycles. The average molecular weight is 135 g/mol. The third kappa shape index (κ3) is 2.41. The van der Waals surface area contributed by atoms with Crippen molar-refractivity contribution < 1.29 is 13.9 Å².